The smallest absolute Gasteiger partial charge is 0.136 e. The number of rotatable bonds is 1. The average molecular weight is 360 g/mol. The Morgan fingerprint density at radius 2 is 1.82 bits per heavy atom. The van der Waals surface area contributed by atoms with Crippen LogP contribution in [0.15, 0.2) is 49.1 Å². The normalized spacial score (nSPS) is 9.23. The molecule has 0 aliphatic carbocycles. The fraction of sp³-hybridized carbons (Fsp3) is 0.0714. The average Bonchev–Trinajstić information content (AvgIpc) is 2.98. The summed E-state index contributed by atoms with van der Waals surface area (Å²) >= 11 is 16.0. The van der Waals surface area contributed by atoms with Gasteiger partial charge in [0.05, 0.1) is 15.9 Å². The van der Waals surface area contributed by atoms with Crippen LogP contribution in [0.4, 0.5) is 5.82 Å². The van der Waals surface area contributed by atoms with Crippen molar-refractivity contribution in [1.82, 2.24) is 14.4 Å². The Bertz CT molecular complexity index is 680. The van der Waals surface area contributed by atoms with E-state index in [4.69, 9.17) is 45.3 Å². The monoisotopic (exact) mass is 358 g/mol. The molecular weight excluding hydrogens is 347 g/mol. The summed E-state index contributed by atoms with van der Waals surface area (Å²) in [5.74, 6) is 0.606. The molecule has 0 bridgehead atoms. The molecule has 116 valence electrons. The lowest BCUT2D eigenvalue weighted by Gasteiger charge is -1.91. The van der Waals surface area contributed by atoms with Crippen molar-refractivity contribution in [2.45, 2.75) is 0 Å². The molecule has 22 heavy (non-hydrogen) atoms. The minimum absolute atomic E-state index is 0.111. The number of halogens is 3. The lowest BCUT2D eigenvalue weighted by atomic mass is 10.5. The van der Waals surface area contributed by atoms with Crippen LogP contribution in [0.2, 0.25) is 10.0 Å². The Hall–Kier alpha value is -1.82. The van der Waals surface area contributed by atoms with Crippen molar-refractivity contribution in [2.24, 2.45) is 0 Å². The van der Waals surface area contributed by atoms with Gasteiger partial charge in [0.1, 0.15) is 17.8 Å². The number of nitrogen functional groups attached to an aromatic ring is 1. The van der Waals surface area contributed by atoms with E-state index in [0.29, 0.717) is 17.1 Å². The summed E-state index contributed by atoms with van der Waals surface area (Å²) in [5, 5.41) is 1.34. The SMILES string of the molecule is Clc1ccc2nccn2c1.Nc1ccc(Cl)cn1.O=CCCl. The molecule has 0 atom stereocenters. The van der Waals surface area contributed by atoms with E-state index in [-0.39, 0.29) is 5.88 Å². The first-order chi connectivity index (χ1) is 10.6. The molecule has 0 saturated carbocycles. The number of alkyl halides is 1. The number of hydrogen-bond donors (Lipinski definition) is 1. The van der Waals surface area contributed by atoms with Gasteiger partial charge < -0.3 is 14.9 Å². The molecule has 0 aliphatic heterocycles. The van der Waals surface area contributed by atoms with Crippen LogP contribution in [-0.2, 0) is 4.79 Å². The maximum atomic E-state index is 9.04. The van der Waals surface area contributed by atoms with Crippen molar-refractivity contribution in [3.05, 3.63) is 59.1 Å². The Kier molecular flexibility index (Phi) is 8.28. The Morgan fingerprint density at radius 3 is 2.36 bits per heavy atom. The molecule has 0 unspecified atom stereocenters. The lowest BCUT2D eigenvalue weighted by Crippen LogP contribution is -1.86. The third-order valence-corrected chi connectivity index (χ3v) is 2.74. The van der Waals surface area contributed by atoms with Crippen molar-refractivity contribution in [2.75, 3.05) is 11.6 Å². The second-order valence-electron chi connectivity index (χ2n) is 3.76. The van der Waals surface area contributed by atoms with Crippen LogP contribution in [0.5, 0.6) is 0 Å². The molecule has 0 spiro atoms. The molecule has 3 aromatic rings. The van der Waals surface area contributed by atoms with Gasteiger partial charge in [0.25, 0.3) is 0 Å². The number of nitrogens with zero attached hydrogens (tertiary/aromatic N) is 3. The minimum atomic E-state index is 0.111. The minimum Gasteiger partial charge on any atom is -0.384 e. The first kappa shape index (κ1) is 18.2. The van der Waals surface area contributed by atoms with Gasteiger partial charge in [-0.1, -0.05) is 23.2 Å². The molecule has 2 N–H and O–H groups in total. The van der Waals surface area contributed by atoms with Crippen molar-refractivity contribution in [1.29, 1.82) is 0 Å². The highest BCUT2D eigenvalue weighted by Crippen LogP contribution is 2.08. The fourth-order valence-electron chi connectivity index (χ4n) is 1.28. The Morgan fingerprint density at radius 1 is 1.14 bits per heavy atom. The van der Waals surface area contributed by atoms with Gasteiger partial charge in [-0.3, -0.25) is 0 Å². The number of carbonyl (C=O) groups is 1. The van der Waals surface area contributed by atoms with E-state index >= 15 is 0 Å². The zero-order valence-corrected chi connectivity index (χ0v) is 13.6. The van der Waals surface area contributed by atoms with E-state index in [9.17, 15) is 0 Å². The van der Waals surface area contributed by atoms with Gasteiger partial charge in [-0.2, -0.15) is 0 Å². The highest BCUT2D eigenvalue weighted by molar-refractivity contribution is 6.30. The topological polar surface area (TPSA) is 73.3 Å². The van der Waals surface area contributed by atoms with Gasteiger partial charge in [-0.15, -0.1) is 11.6 Å². The number of imidazole rings is 1. The van der Waals surface area contributed by atoms with E-state index in [1.165, 1.54) is 6.20 Å². The lowest BCUT2D eigenvalue weighted by molar-refractivity contribution is -0.105. The van der Waals surface area contributed by atoms with Gasteiger partial charge in [-0.25, -0.2) is 9.97 Å². The number of aldehydes is 1. The number of hydrogen-bond acceptors (Lipinski definition) is 4. The molecule has 3 rings (SSSR count). The molecule has 0 saturated heterocycles. The van der Waals surface area contributed by atoms with Crippen molar-refractivity contribution >= 4 is 52.6 Å². The number of fused-ring (bicyclic) bond motifs is 1. The van der Waals surface area contributed by atoms with Crippen LogP contribution in [0.25, 0.3) is 5.65 Å². The molecule has 0 aromatic carbocycles. The van der Waals surface area contributed by atoms with Crippen LogP contribution in [0, 0.1) is 0 Å². The van der Waals surface area contributed by atoms with Crippen LogP contribution in [0.3, 0.4) is 0 Å². The van der Waals surface area contributed by atoms with Crippen molar-refractivity contribution in [3.63, 3.8) is 0 Å². The zero-order chi connectivity index (χ0) is 16.4. The van der Waals surface area contributed by atoms with E-state index in [1.807, 2.05) is 28.9 Å². The quantitative estimate of drug-likeness (QED) is 0.531. The molecule has 0 fully saturated rings. The summed E-state index contributed by atoms with van der Waals surface area (Å²) < 4.78 is 1.88. The molecule has 0 aliphatic rings. The van der Waals surface area contributed by atoms with Gasteiger partial charge in [0, 0.05) is 24.8 Å². The van der Waals surface area contributed by atoms with Crippen molar-refractivity contribution in [3.8, 4) is 0 Å². The third-order valence-electron chi connectivity index (χ3n) is 2.17. The standard InChI is InChI=1S/C7H5ClN2.C5H5ClN2.C2H3ClO/c8-6-1-2-7-9-3-4-10(7)5-6;6-4-1-2-5(7)8-3-4;3-1-2-4/h1-5H;1-3H,(H2,7,8);2H,1H2. The number of nitrogens with two attached hydrogens (primary N) is 1. The molecule has 3 aromatic heterocycles. The summed E-state index contributed by atoms with van der Waals surface area (Å²) in [5.41, 5.74) is 6.18. The Labute approximate surface area is 142 Å². The second-order valence-corrected chi connectivity index (χ2v) is 4.94. The number of anilines is 1. The molecular formula is C14H13Cl3N4O. The fourth-order valence-corrected chi connectivity index (χ4v) is 1.56. The van der Waals surface area contributed by atoms with Crippen LogP contribution < -0.4 is 5.73 Å². The first-order valence-corrected chi connectivity index (χ1v) is 7.30. The summed E-state index contributed by atoms with van der Waals surface area (Å²) in [7, 11) is 0. The van der Waals surface area contributed by atoms with Gasteiger partial charge >= 0.3 is 0 Å². The van der Waals surface area contributed by atoms with Gasteiger partial charge in [-0.05, 0) is 24.3 Å². The highest BCUT2D eigenvalue weighted by atomic mass is 35.5. The van der Waals surface area contributed by atoms with Gasteiger partial charge in [0.15, 0.2) is 0 Å². The Balaban J connectivity index is 0.000000182. The predicted molar refractivity (Wildman–Crippen MR) is 90.6 cm³/mol. The molecule has 8 heteroatoms. The maximum absolute atomic E-state index is 9.04. The summed E-state index contributed by atoms with van der Waals surface area (Å²) in [6, 6.07) is 7.05. The van der Waals surface area contributed by atoms with E-state index in [0.717, 1.165) is 10.7 Å². The first-order valence-electron chi connectivity index (χ1n) is 6.01. The number of carbonyl (C=O) groups excluding carboxylic acids is 1. The van der Waals surface area contributed by atoms with E-state index in [2.05, 4.69) is 9.97 Å². The third kappa shape index (κ3) is 6.76. The van der Waals surface area contributed by atoms with Crippen molar-refractivity contribution < 1.29 is 4.79 Å². The maximum Gasteiger partial charge on any atom is 0.136 e. The molecule has 3 heterocycles. The summed E-state index contributed by atoms with van der Waals surface area (Å²) in [4.78, 5) is 16.8. The predicted octanol–water partition coefficient (Wildman–Crippen LogP) is 3.73. The van der Waals surface area contributed by atoms with Crippen LogP contribution in [-0.4, -0.2) is 26.5 Å². The summed E-state index contributed by atoms with van der Waals surface area (Å²) in [6.07, 6.45) is 7.58. The zero-order valence-electron chi connectivity index (χ0n) is 11.4. The largest absolute Gasteiger partial charge is 0.384 e. The van der Waals surface area contributed by atoms with Crippen LogP contribution >= 0.6 is 34.8 Å². The number of aromatic nitrogens is 3. The van der Waals surface area contributed by atoms with E-state index in [1.54, 1.807) is 18.3 Å². The highest BCUT2D eigenvalue weighted by Gasteiger charge is 1.91. The molecule has 0 amide bonds. The molecule has 5 nitrogen and oxygen atoms in total. The van der Waals surface area contributed by atoms with E-state index < -0.39 is 0 Å². The number of pyridine rings is 2. The molecule has 0 radical (unpaired) electrons. The van der Waals surface area contributed by atoms with Gasteiger partial charge in [0.2, 0.25) is 0 Å². The van der Waals surface area contributed by atoms with Crippen LogP contribution in [0.1, 0.15) is 0 Å². The second kappa shape index (κ2) is 10.00. The summed E-state index contributed by atoms with van der Waals surface area (Å²) in [6.45, 7) is 0.